The Hall–Kier alpha value is -0.900. The van der Waals surface area contributed by atoms with Gasteiger partial charge in [-0.05, 0) is 19.8 Å². The number of methoxy groups -OCH3 is 1. The summed E-state index contributed by atoms with van der Waals surface area (Å²) in [7, 11) is 1.43. The topological polar surface area (TPSA) is 39.2 Å². The van der Waals surface area contributed by atoms with Crippen LogP contribution in [0.1, 0.15) is 53.6 Å². The first kappa shape index (κ1) is 12.6. The molecule has 0 unspecified atom stereocenters. The van der Waals surface area contributed by atoms with Crippen molar-refractivity contribution in [3.63, 3.8) is 0 Å². The predicted molar refractivity (Wildman–Crippen MR) is 68.4 cm³/mol. The minimum Gasteiger partial charge on any atom is -0.469 e. The second kappa shape index (κ2) is 5.63. The number of carbonyl (C=O) groups is 1. The van der Waals surface area contributed by atoms with Crippen molar-refractivity contribution in [2.45, 2.75) is 51.4 Å². The molecule has 0 amide bonds. The second-order valence-corrected chi connectivity index (χ2v) is 5.76. The van der Waals surface area contributed by atoms with E-state index in [-0.39, 0.29) is 5.97 Å². The van der Waals surface area contributed by atoms with Crippen LogP contribution in [0.4, 0.5) is 0 Å². The van der Waals surface area contributed by atoms with Gasteiger partial charge in [0.1, 0.15) is 0 Å². The van der Waals surface area contributed by atoms with Crippen LogP contribution in [0.15, 0.2) is 0 Å². The molecule has 1 aromatic heterocycles. The van der Waals surface area contributed by atoms with E-state index >= 15 is 0 Å². The summed E-state index contributed by atoms with van der Waals surface area (Å²) >= 11 is 1.70. The van der Waals surface area contributed by atoms with Gasteiger partial charge in [0.25, 0.3) is 0 Å². The molecule has 0 atom stereocenters. The third kappa shape index (κ3) is 3.06. The third-order valence-corrected chi connectivity index (χ3v) is 4.72. The SMILES string of the molecule is COC(=O)Cc1sc(C2CCCCC2)nc1C. The van der Waals surface area contributed by atoms with Gasteiger partial charge in [0.05, 0.1) is 24.2 Å². The first-order valence-electron chi connectivity index (χ1n) is 6.23. The van der Waals surface area contributed by atoms with E-state index in [1.54, 1.807) is 11.3 Å². The molecule has 3 nitrogen and oxygen atoms in total. The van der Waals surface area contributed by atoms with Gasteiger partial charge in [0.15, 0.2) is 0 Å². The van der Waals surface area contributed by atoms with Crippen LogP contribution in [0.25, 0.3) is 0 Å². The summed E-state index contributed by atoms with van der Waals surface area (Å²) in [6.45, 7) is 1.99. The molecule has 0 spiro atoms. The van der Waals surface area contributed by atoms with Gasteiger partial charge in [-0.2, -0.15) is 0 Å². The van der Waals surface area contributed by atoms with Crippen LogP contribution in [0.5, 0.6) is 0 Å². The van der Waals surface area contributed by atoms with E-state index in [1.165, 1.54) is 44.2 Å². The van der Waals surface area contributed by atoms with Gasteiger partial charge >= 0.3 is 5.97 Å². The Labute approximate surface area is 106 Å². The summed E-state index contributed by atoms with van der Waals surface area (Å²) in [5, 5.41) is 1.22. The maximum absolute atomic E-state index is 11.3. The number of nitrogens with zero attached hydrogens (tertiary/aromatic N) is 1. The summed E-state index contributed by atoms with van der Waals surface area (Å²) in [6.07, 6.45) is 6.86. The fourth-order valence-corrected chi connectivity index (χ4v) is 3.56. The van der Waals surface area contributed by atoms with Gasteiger partial charge in [0.2, 0.25) is 0 Å². The number of esters is 1. The van der Waals surface area contributed by atoms with Crippen molar-refractivity contribution in [2.24, 2.45) is 0 Å². The molecule has 17 heavy (non-hydrogen) atoms. The second-order valence-electron chi connectivity index (χ2n) is 4.65. The maximum atomic E-state index is 11.3. The molecule has 1 aromatic rings. The summed E-state index contributed by atoms with van der Waals surface area (Å²) in [4.78, 5) is 17.0. The van der Waals surface area contributed by atoms with Crippen molar-refractivity contribution in [3.8, 4) is 0 Å². The zero-order valence-corrected chi connectivity index (χ0v) is 11.3. The number of hydrogen-bond acceptors (Lipinski definition) is 4. The highest BCUT2D eigenvalue weighted by atomic mass is 32.1. The average Bonchev–Trinajstić information content (AvgIpc) is 2.72. The monoisotopic (exact) mass is 253 g/mol. The summed E-state index contributed by atoms with van der Waals surface area (Å²) in [6, 6.07) is 0. The third-order valence-electron chi connectivity index (χ3n) is 3.40. The number of aromatic nitrogens is 1. The smallest absolute Gasteiger partial charge is 0.310 e. The quantitative estimate of drug-likeness (QED) is 0.776. The highest BCUT2D eigenvalue weighted by molar-refractivity contribution is 7.11. The minimum atomic E-state index is -0.174. The molecule has 0 saturated heterocycles. The first-order chi connectivity index (χ1) is 8.20. The van der Waals surface area contributed by atoms with E-state index in [0.717, 1.165) is 10.6 Å². The van der Waals surface area contributed by atoms with Crippen molar-refractivity contribution < 1.29 is 9.53 Å². The van der Waals surface area contributed by atoms with Crippen molar-refractivity contribution in [2.75, 3.05) is 7.11 Å². The lowest BCUT2D eigenvalue weighted by atomic mass is 9.90. The molecule has 94 valence electrons. The van der Waals surface area contributed by atoms with Crippen LogP contribution in [0.3, 0.4) is 0 Å². The molecular weight excluding hydrogens is 234 g/mol. The molecule has 0 aliphatic heterocycles. The van der Waals surface area contributed by atoms with Crippen molar-refractivity contribution in [1.82, 2.24) is 4.98 Å². The van der Waals surface area contributed by atoms with E-state index in [9.17, 15) is 4.79 Å². The molecule has 1 aliphatic rings. The number of rotatable bonds is 3. The summed E-state index contributed by atoms with van der Waals surface area (Å²) < 4.78 is 4.70. The molecule has 1 heterocycles. The Bertz CT molecular complexity index is 394. The van der Waals surface area contributed by atoms with Gasteiger partial charge < -0.3 is 4.74 Å². The lowest BCUT2D eigenvalue weighted by Gasteiger charge is -2.18. The molecule has 0 aromatic carbocycles. The van der Waals surface area contributed by atoms with Crippen LogP contribution in [0, 0.1) is 6.92 Å². The Morgan fingerprint density at radius 2 is 2.12 bits per heavy atom. The van der Waals surface area contributed by atoms with E-state index < -0.39 is 0 Å². The van der Waals surface area contributed by atoms with Crippen LogP contribution >= 0.6 is 11.3 Å². The molecule has 2 rings (SSSR count). The van der Waals surface area contributed by atoms with Gasteiger partial charge in [-0.1, -0.05) is 19.3 Å². The van der Waals surface area contributed by atoms with E-state index in [0.29, 0.717) is 12.3 Å². The molecule has 0 N–H and O–H groups in total. The van der Waals surface area contributed by atoms with Crippen molar-refractivity contribution in [3.05, 3.63) is 15.6 Å². The molecular formula is C13H19NO2S. The number of hydrogen-bond donors (Lipinski definition) is 0. The molecule has 0 bridgehead atoms. The van der Waals surface area contributed by atoms with Gasteiger partial charge in [-0.15, -0.1) is 11.3 Å². The molecule has 1 fully saturated rings. The van der Waals surface area contributed by atoms with Crippen LogP contribution in [-0.4, -0.2) is 18.1 Å². The fourth-order valence-electron chi connectivity index (χ4n) is 2.34. The van der Waals surface area contributed by atoms with Crippen LogP contribution in [-0.2, 0) is 16.0 Å². The number of aryl methyl sites for hydroxylation is 1. The largest absolute Gasteiger partial charge is 0.469 e. The van der Waals surface area contributed by atoms with Gasteiger partial charge in [-0.3, -0.25) is 4.79 Å². The van der Waals surface area contributed by atoms with E-state index in [2.05, 4.69) is 4.98 Å². The minimum absolute atomic E-state index is 0.174. The predicted octanol–water partition coefficient (Wildman–Crippen LogP) is 3.21. The number of carbonyl (C=O) groups excluding carboxylic acids is 1. The molecule has 4 heteroatoms. The zero-order valence-electron chi connectivity index (χ0n) is 10.5. The standard InChI is InChI=1S/C13H19NO2S/c1-9-11(8-12(15)16-2)17-13(14-9)10-6-4-3-5-7-10/h10H,3-8H2,1-2H3. The molecule has 1 saturated carbocycles. The Morgan fingerprint density at radius 1 is 1.41 bits per heavy atom. The van der Waals surface area contributed by atoms with Gasteiger partial charge in [-0.25, -0.2) is 4.98 Å². The van der Waals surface area contributed by atoms with E-state index in [4.69, 9.17) is 4.74 Å². The molecule has 1 aliphatic carbocycles. The summed E-state index contributed by atoms with van der Waals surface area (Å²) in [5.41, 5.74) is 1.00. The Morgan fingerprint density at radius 3 is 2.76 bits per heavy atom. The van der Waals surface area contributed by atoms with Gasteiger partial charge in [0, 0.05) is 10.8 Å². The number of thiazole rings is 1. The number of ether oxygens (including phenoxy) is 1. The Balaban J connectivity index is 2.09. The highest BCUT2D eigenvalue weighted by Crippen LogP contribution is 2.35. The normalized spacial score (nSPS) is 17.1. The summed E-state index contributed by atoms with van der Waals surface area (Å²) in [5.74, 6) is 0.450. The average molecular weight is 253 g/mol. The first-order valence-corrected chi connectivity index (χ1v) is 7.05. The molecule has 0 radical (unpaired) electrons. The lowest BCUT2D eigenvalue weighted by molar-refractivity contribution is -0.139. The fraction of sp³-hybridized carbons (Fsp3) is 0.692. The zero-order chi connectivity index (χ0) is 12.3. The lowest BCUT2D eigenvalue weighted by Crippen LogP contribution is -2.03. The van der Waals surface area contributed by atoms with Crippen LogP contribution in [0.2, 0.25) is 0 Å². The van der Waals surface area contributed by atoms with Crippen molar-refractivity contribution >= 4 is 17.3 Å². The van der Waals surface area contributed by atoms with E-state index in [1.807, 2.05) is 6.92 Å². The Kier molecular flexibility index (Phi) is 4.15. The maximum Gasteiger partial charge on any atom is 0.310 e. The van der Waals surface area contributed by atoms with Crippen LogP contribution < -0.4 is 0 Å². The van der Waals surface area contributed by atoms with Crippen molar-refractivity contribution in [1.29, 1.82) is 0 Å². The highest BCUT2D eigenvalue weighted by Gasteiger charge is 2.21.